The van der Waals surface area contributed by atoms with Crippen LogP contribution in [0, 0.1) is 178 Å². The van der Waals surface area contributed by atoms with Crippen molar-refractivity contribution in [3.05, 3.63) is 163 Å². The van der Waals surface area contributed by atoms with Crippen LogP contribution in [0.25, 0.3) is 10.8 Å². The largest absolute Gasteiger partial charge is 0.377 e. The van der Waals surface area contributed by atoms with Crippen molar-refractivity contribution in [1.29, 1.82) is 0 Å². The van der Waals surface area contributed by atoms with Crippen LogP contribution in [0.1, 0.15) is 31.2 Å². The molecule has 27 nitrogen and oxygen atoms in total. The average molecular weight is 1670 g/mol. The molecule has 10 fully saturated rings. The van der Waals surface area contributed by atoms with Gasteiger partial charge in [0.2, 0.25) is 82.7 Å². The van der Waals surface area contributed by atoms with Gasteiger partial charge in [-0.1, -0.05) is 152 Å². The van der Waals surface area contributed by atoms with Crippen LogP contribution in [0.5, 0.6) is 0 Å². The number of carbonyl (C=O) groups is 14. The van der Waals surface area contributed by atoms with Gasteiger partial charge in [-0.2, -0.15) is 0 Å². The van der Waals surface area contributed by atoms with Crippen LogP contribution < -0.4 is 31.5 Å². The van der Waals surface area contributed by atoms with Crippen LogP contribution in [0.15, 0.2) is 158 Å². The number of hydrogen-bond donors (Lipinski definition) is 5. The zero-order chi connectivity index (χ0) is 84.4. The number of likely N-dealkylation sites (tertiary alicyclic amines) is 5. The summed E-state index contributed by atoms with van der Waals surface area (Å²) in [4.78, 5) is 204. The van der Waals surface area contributed by atoms with E-state index in [4.69, 9.17) is 0 Å². The summed E-state index contributed by atoms with van der Waals surface area (Å²) in [5, 5.41) is 17.4. The zero-order valence-electron chi connectivity index (χ0n) is 69.3. The number of carbonyl (C=O) groups excluding carboxylic acids is 14. The molecule has 5 aliphatic heterocycles. The molecule has 5 N–H and O–H groups in total. The third-order valence-electron chi connectivity index (χ3n) is 32.9. The minimum Gasteiger partial charge on any atom is -0.377 e. The number of anilines is 1. The molecular weight excluding hydrogens is 1560 g/mol. The molecule has 26 unspecified atom stereocenters. The van der Waals surface area contributed by atoms with E-state index in [0.29, 0.717) is 18.4 Å². The van der Waals surface area contributed by atoms with E-state index in [0.717, 1.165) is 0 Å². The number of rotatable bonds is 32. The van der Waals surface area contributed by atoms with E-state index in [1.807, 2.05) is 23.9 Å². The maximum atomic E-state index is 13.7. The van der Waals surface area contributed by atoms with Gasteiger partial charge >= 0.3 is 0 Å². The lowest BCUT2D eigenvalue weighted by Crippen LogP contribution is -2.50. The summed E-state index contributed by atoms with van der Waals surface area (Å²) in [6.07, 6.45) is 42.7. The highest BCUT2D eigenvalue weighted by Gasteiger charge is 2.68. The molecule has 20 aliphatic carbocycles. The molecule has 27 heteroatoms. The monoisotopic (exact) mass is 1670 g/mol. The average Bonchev–Trinajstić information content (AvgIpc) is 1.40. The number of nitrogens with one attached hydrogen (secondary N) is 5. The molecule has 123 heavy (non-hydrogen) atoms. The second kappa shape index (κ2) is 31.2. The molecule has 5 saturated heterocycles. The van der Waals surface area contributed by atoms with Crippen molar-refractivity contribution in [3.63, 3.8) is 0 Å². The van der Waals surface area contributed by atoms with Gasteiger partial charge in [0.1, 0.15) is 0 Å². The maximum absolute atomic E-state index is 13.7. The summed E-state index contributed by atoms with van der Waals surface area (Å²) in [6, 6.07) is 12.6. The van der Waals surface area contributed by atoms with Crippen molar-refractivity contribution in [2.24, 2.45) is 178 Å². The molecule has 2 aromatic rings. The second-order valence-corrected chi connectivity index (χ2v) is 38.4. The van der Waals surface area contributed by atoms with Gasteiger partial charge in [0.05, 0.1) is 65.8 Å². The SMILES string of the molecule is CN(C)c1cccc2c(CNCN3C(=O)C4C5C=CC(C6C=CC65)C4C3=O)cccc12.O=C(CCN(CCC(=O)NCCN1C(=O)C2C3C=CC(C2C1=O)[C@H]1C=CC31)CCN(CCC(=O)NCCN1C(=O)C2C3C=CC(C2C1=O)[C@@H]1C=CC31)CCC(=O)NCCN1C(=O)C2C3C=CC(C2C1=O)[C@H]1C=CC31)NCCN1C(=O)C2C3C=CC(C2C1=O)[C@@H]1C=CC31. The third-order valence-corrected chi connectivity index (χ3v) is 32.9. The van der Waals surface area contributed by atoms with Gasteiger partial charge in [-0.15, -0.1) is 0 Å². The predicted molar refractivity (Wildman–Crippen MR) is 448 cm³/mol. The van der Waals surface area contributed by atoms with Gasteiger partial charge < -0.3 is 36.0 Å². The molecule has 5 heterocycles. The van der Waals surface area contributed by atoms with E-state index < -0.39 is 47.3 Å². The van der Waals surface area contributed by atoms with Crippen molar-refractivity contribution in [1.82, 2.24) is 60.9 Å². The van der Waals surface area contributed by atoms with Gasteiger partial charge in [-0.05, 0) is 135 Å². The summed E-state index contributed by atoms with van der Waals surface area (Å²) in [6.45, 7) is 2.65. The highest BCUT2D eigenvalue weighted by molar-refractivity contribution is 6.10. The van der Waals surface area contributed by atoms with Crippen LogP contribution in [-0.4, -0.2) is 229 Å². The number of imide groups is 5. The van der Waals surface area contributed by atoms with Crippen molar-refractivity contribution in [3.8, 4) is 0 Å². The van der Waals surface area contributed by atoms with E-state index in [9.17, 15) is 67.1 Å². The molecule has 0 spiro atoms. The van der Waals surface area contributed by atoms with Gasteiger partial charge in [-0.25, -0.2) is 0 Å². The van der Waals surface area contributed by atoms with E-state index in [1.165, 1.54) is 46.5 Å². The molecule has 10 bridgehead atoms. The normalized spacial score (nSPS) is 38.1. The van der Waals surface area contributed by atoms with E-state index in [-0.39, 0.29) is 325 Å². The number of benzene rings is 2. The summed E-state index contributed by atoms with van der Waals surface area (Å²) in [7, 11) is 4.10. The van der Waals surface area contributed by atoms with Gasteiger partial charge in [0.15, 0.2) is 0 Å². The molecule has 30 atom stereocenters. The number of nitrogens with zero attached hydrogens (tertiary/aromatic N) is 8. The Hall–Kier alpha value is -10.6. The minimum atomic E-state index is -0.391. The molecule has 0 aromatic heterocycles. The Morgan fingerprint density at radius 3 is 0.732 bits per heavy atom. The summed E-state index contributed by atoms with van der Waals surface area (Å²) >= 11 is 0. The lowest BCUT2D eigenvalue weighted by molar-refractivity contribution is -0.142. The van der Waals surface area contributed by atoms with Gasteiger partial charge in [-0.3, -0.25) is 96.9 Å². The number of hydrogen-bond acceptors (Lipinski definition) is 18. The molecular formula is C96H107N13O14. The highest BCUT2D eigenvalue weighted by atomic mass is 16.2. The fourth-order valence-electron chi connectivity index (χ4n) is 26.6. The lowest BCUT2D eigenvalue weighted by atomic mass is 9.50. The van der Waals surface area contributed by atoms with E-state index >= 15 is 0 Å². The smallest absolute Gasteiger partial charge is 0.234 e. The van der Waals surface area contributed by atoms with Crippen molar-refractivity contribution < 1.29 is 67.1 Å². The first-order chi connectivity index (χ1) is 59.7. The molecule has 640 valence electrons. The van der Waals surface area contributed by atoms with Crippen LogP contribution in [0.4, 0.5) is 5.69 Å². The van der Waals surface area contributed by atoms with Crippen LogP contribution in [0.2, 0.25) is 0 Å². The summed E-state index contributed by atoms with van der Waals surface area (Å²) < 4.78 is 0. The quantitative estimate of drug-likeness (QED) is 0.0515. The lowest BCUT2D eigenvalue weighted by Gasteiger charge is -2.51. The van der Waals surface area contributed by atoms with E-state index in [2.05, 4.69) is 189 Å². The van der Waals surface area contributed by atoms with Crippen LogP contribution in [-0.2, 0) is 73.7 Å². The first-order valence-corrected chi connectivity index (χ1v) is 45.2. The Balaban J connectivity index is 0.000000250. The topological polar surface area (TPSA) is 325 Å². The fourth-order valence-corrected chi connectivity index (χ4v) is 26.6. The van der Waals surface area contributed by atoms with Crippen LogP contribution >= 0.6 is 0 Å². The summed E-state index contributed by atoms with van der Waals surface area (Å²) in [5.41, 5.74) is 2.35. The first-order valence-electron chi connectivity index (χ1n) is 45.2. The zero-order valence-corrected chi connectivity index (χ0v) is 69.3. The Morgan fingerprint density at radius 2 is 0.496 bits per heavy atom. The Labute approximate surface area is 714 Å². The number of amides is 14. The van der Waals surface area contributed by atoms with Crippen LogP contribution in [0.3, 0.4) is 0 Å². The highest BCUT2D eigenvalue weighted by Crippen LogP contribution is 2.64. The third kappa shape index (κ3) is 12.8. The predicted octanol–water partition coefficient (Wildman–Crippen LogP) is 3.66. The van der Waals surface area contributed by atoms with Crippen molar-refractivity contribution in [2.75, 3.05) is 117 Å². The summed E-state index contributed by atoms with van der Waals surface area (Å²) in [5.74, 6) is -2.91. The standard InChI is InChI=1S/C70H80N10O12.C26H27N3O2/c81-51(71-21-29-77-63(85)55-43-9-10-44(56(55)64(77)86)36-2-1-35(36)43)17-25-75(26-18-52(82)72-22-30-78-65(87)57-45-11-12-46(58(57)66(78)88)38-4-3-37(38)45)33-34-76(27-19-53(83)73-23-31-79-67(89)59-47-13-14-48(60(59)68(79)90)40-6-5-39(40)47)28-20-54(84)74-24-32-80-69(91)61-49-15-16-50(62(61)70(80)92)42-8-7-41(42)49;1-28(2)22-8-4-6-16-15(5-3-7-19(16)22)13-27-14-29-25(30)23-20-11-12-21(24(23)26(29)31)18-10-9-17(18)20/h1-16,35-50,55-62H,17-34H2,(H,71,81)(H,72,82)(H,73,83)(H,74,84);3-12,17-18,20-21,23-24,27H,13-14H2,1-2H3/t35-,36?,37+,38?,39-,40?,41+,42?,43?,44?,45?,46?,47?,48?,49?,50?,55?,56?,57?,58?,59?,60?,61?,62?;. The molecule has 2 aromatic carbocycles. The molecule has 5 saturated carbocycles. The molecule has 25 aliphatic rings. The Morgan fingerprint density at radius 1 is 0.276 bits per heavy atom. The van der Waals surface area contributed by atoms with Crippen molar-refractivity contribution in [2.45, 2.75) is 32.2 Å². The first kappa shape index (κ1) is 79.5. The Kier molecular flexibility index (Phi) is 20.2. The number of allylic oxidation sites excluding steroid dienone is 20. The second-order valence-electron chi connectivity index (χ2n) is 38.4. The minimum absolute atomic E-state index is 0.00292. The molecule has 14 amide bonds. The Bertz CT molecular complexity index is 4570. The van der Waals surface area contributed by atoms with E-state index in [1.54, 1.807) is 0 Å². The number of fused-ring (bicyclic) bond motifs is 1. The fraction of sp³-hybridized carbons (Fsp3) is 0.542. The van der Waals surface area contributed by atoms with Gasteiger partial charge in [0, 0.05) is 149 Å². The van der Waals surface area contributed by atoms with Gasteiger partial charge in [0.25, 0.3) is 0 Å². The maximum Gasteiger partial charge on any atom is 0.234 e. The van der Waals surface area contributed by atoms with Crippen molar-refractivity contribution >= 4 is 99.2 Å². The molecule has 27 rings (SSSR count). The molecule has 0 radical (unpaired) electrons.